The van der Waals surface area contributed by atoms with Crippen LogP contribution in [0.15, 0.2) is 42.5 Å². The minimum absolute atomic E-state index is 0.0869. The second-order valence-corrected chi connectivity index (χ2v) is 9.76. The molecule has 0 aliphatic carbocycles. The van der Waals surface area contributed by atoms with Crippen LogP contribution < -0.4 is 0 Å². The Balaban J connectivity index is 0.000000226. The van der Waals surface area contributed by atoms with E-state index < -0.39 is 5.97 Å². The fourth-order valence-electron chi connectivity index (χ4n) is 2.91. The lowest BCUT2D eigenvalue weighted by molar-refractivity contribution is -0.143. The molecule has 3 rings (SSSR count). The van der Waals surface area contributed by atoms with Crippen molar-refractivity contribution in [1.29, 1.82) is 0 Å². The van der Waals surface area contributed by atoms with Crippen LogP contribution in [-0.4, -0.2) is 36.1 Å². The lowest BCUT2D eigenvalue weighted by Crippen LogP contribution is -2.33. The van der Waals surface area contributed by atoms with E-state index in [1.165, 1.54) is 11.1 Å². The zero-order chi connectivity index (χ0) is 22.9. The van der Waals surface area contributed by atoms with Crippen molar-refractivity contribution < 1.29 is 9.90 Å². The molecule has 0 spiro atoms. The Morgan fingerprint density at radius 1 is 0.933 bits per heavy atom. The normalized spacial score (nSPS) is 14.8. The van der Waals surface area contributed by atoms with Crippen LogP contribution in [0.2, 0.25) is 10.0 Å². The van der Waals surface area contributed by atoms with E-state index in [0.717, 1.165) is 31.5 Å². The van der Waals surface area contributed by atoms with E-state index in [1.807, 2.05) is 26.1 Å². The van der Waals surface area contributed by atoms with E-state index in [2.05, 4.69) is 56.9 Å². The molecule has 3 nitrogen and oxygen atoms in total. The summed E-state index contributed by atoms with van der Waals surface area (Å²) >= 11 is 11.3. The number of carboxylic acids is 1. The molecule has 0 radical (unpaired) electrons. The number of carbonyl (C=O) groups is 1. The van der Waals surface area contributed by atoms with E-state index in [-0.39, 0.29) is 11.3 Å². The van der Waals surface area contributed by atoms with Crippen LogP contribution in [0.1, 0.15) is 50.3 Å². The standard InChI is InChI=1S/C11H16.C7H6Cl2.C7H13NO2/c1-9-5-7-10(8-6-9)11(2,3)4;1-5-2-3-6(8)7(9)4-5;1-8-4-2-6(3-5-8)7(9)10/h5-8H,1-4H3;2-4H,1H3;6H,2-5H2,1H3,(H,9,10). The summed E-state index contributed by atoms with van der Waals surface area (Å²) in [5.74, 6) is -0.718. The van der Waals surface area contributed by atoms with E-state index in [1.54, 1.807) is 6.07 Å². The summed E-state index contributed by atoms with van der Waals surface area (Å²) in [5, 5.41) is 9.84. The molecule has 2 aromatic carbocycles. The van der Waals surface area contributed by atoms with E-state index in [9.17, 15) is 4.79 Å². The highest BCUT2D eigenvalue weighted by atomic mass is 35.5. The summed E-state index contributed by atoms with van der Waals surface area (Å²) in [4.78, 5) is 12.6. The molecule has 2 aromatic rings. The molecule has 0 amide bonds. The molecule has 1 N–H and O–H groups in total. The van der Waals surface area contributed by atoms with Crippen molar-refractivity contribution in [3.63, 3.8) is 0 Å². The molecule has 166 valence electrons. The first-order valence-electron chi connectivity index (χ1n) is 10.3. The molecule has 0 atom stereocenters. The molecule has 1 fully saturated rings. The summed E-state index contributed by atoms with van der Waals surface area (Å²) in [6, 6.07) is 14.3. The number of carboxylic acid groups (broad SMARTS) is 1. The van der Waals surface area contributed by atoms with Crippen molar-refractivity contribution in [3.8, 4) is 0 Å². The van der Waals surface area contributed by atoms with Gasteiger partial charge in [0, 0.05) is 0 Å². The minimum atomic E-state index is -0.631. The highest BCUT2D eigenvalue weighted by Crippen LogP contribution is 2.22. The number of hydrogen-bond donors (Lipinski definition) is 1. The zero-order valence-corrected chi connectivity index (χ0v) is 20.5. The van der Waals surface area contributed by atoms with Gasteiger partial charge in [-0.1, -0.05) is 79.9 Å². The van der Waals surface area contributed by atoms with Crippen molar-refractivity contribution in [1.82, 2.24) is 4.90 Å². The highest BCUT2D eigenvalue weighted by Gasteiger charge is 2.22. The SMILES string of the molecule is CN1CCC(C(=O)O)CC1.Cc1ccc(C(C)(C)C)cc1.Cc1ccc(Cl)c(Cl)c1. The predicted molar refractivity (Wildman–Crippen MR) is 129 cm³/mol. The van der Waals surface area contributed by atoms with Gasteiger partial charge in [-0.2, -0.15) is 0 Å². The zero-order valence-electron chi connectivity index (χ0n) is 19.0. The Morgan fingerprint density at radius 3 is 1.83 bits per heavy atom. The summed E-state index contributed by atoms with van der Waals surface area (Å²) in [5.41, 5.74) is 4.15. The Kier molecular flexibility index (Phi) is 10.9. The van der Waals surface area contributed by atoms with Crippen molar-refractivity contribution in [3.05, 3.63) is 69.2 Å². The molecular weight excluding hydrogens is 417 g/mol. The molecule has 1 aliphatic heterocycles. The van der Waals surface area contributed by atoms with Gasteiger partial charge in [0.1, 0.15) is 0 Å². The average Bonchev–Trinajstić information content (AvgIpc) is 2.66. The van der Waals surface area contributed by atoms with Gasteiger partial charge in [0.05, 0.1) is 16.0 Å². The first-order chi connectivity index (χ1) is 13.9. The Bertz CT molecular complexity index is 790. The van der Waals surface area contributed by atoms with Gasteiger partial charge in [0.15, 0.2) is 0 Å². The number of likely N-dealkylation sites (tertiary alicyclic amines) is 1. The van der Waals surface area contributed by atoms with Crippen molar-refractivity contribution in [2.75, 3.05) is 20.1 Å². The first kappa shape index (κ1) is 26.5. The maximum Gasteiger partial charge on any atom is 0.306 e. The molecule has 1 aliphatic rings. The Hall–Kier alpha value is -1.55. The van der Waals surface area contributed by atoms with Crippen LogP contribution in [-0.2, 0) is 10.2 Å². The molecule has 5 heteroatoms. The van der Waals surface area contributed by atoms with Gasteiger partial charge in [-0.3, -0.25) is 4.79 Å². The van der Waals surface area contributed by atoms with Crippen molar-refractivity contribution >= 4 is 29.2 Å². The molecule has 0 aromatic heterocycles. The van der Waals surface area contributed by atoms with Gasteiger partial charge in [-0.25, -0.2) is 0 Å². The number of aryl methyl sites for hydroxylation is 2. The van der Waals surface area contributed by atoms with Crippen LogP contribution in [0.5, 0.6) is 0 Å². The van der Waals surface area contributed by atoms with Crippen LogP contribution in [0.3, 0.4) is 0 Å². The van der Waals surface area contributed by atoms with E-state index >= 15 is 0 Å². The Labute approximate surface area is 192 Å². The molecular formula is C25H35Cl2NO2. The summed E-state index contributed by atoms with van der Waals surface area (Å²) in [7, 11) is 2.03. The molecule has 0 unspecified atom stereocenters. The van der Waals surface area contributed by atoms with Gasteiger partial charge in [-0.15, -0.1) is 0 Å². The number of benzene rings is 2. The second-order valence-electron chi connectivity index (χ2n) is 8.95. The largest absolute Gasteiger partial charge is 0.481 e. The maximum absolute atomic E-state index is 10.4. The number of nitrogens with zero attached hydrogens (tertiary/aromatic N) is 1. The number of rotatable bonds is 1. The summed E-state index contributed by atoms with van der Waals surface area (Å²) < 4.78 is 0. The molecule has 1 saturated heterocycles. The monoisotopic (exact) mass is 451 g/mol. The third-order valence-corrected chi connectivity index (χ3v) is 5.80. The average molecular weight is 452 g/mol. The Morgan fingerprint density at radius 2 is 1.43 bits per heavy atom. The van der Waals surface area contributed by atoms with Crippen LogP contribution in [0.4, 0.5) is 0 Å². The quantitative estimate of drug-likeness (QED) is 0.506. The van der Waals surface area contributed by atoms with Crippen LogP contribution >= 0.6 is 23.2 Å². The fourth-order valence-corrected chi connectivity index (χ4v) is 3.26. The van der Waals surface area contributed by atoms with Gasteiger partial charge in [-0.05, 0) is 75.5 Å². The molecule has 30 heavy (non-hydrogen) atoms. The van der Waals surface area contributed by atoms with E-state index in [4.69, 9.17) is 28.3 Å². The number of piperidine rings is 1. The highest BCUT2D eigenvalue weighted by molar-refractivity contribution is 6.42. The van der Waals surface area contributed by atoms with Crippen molar-refractivity contribution in [2.45, 2.75) is 52.9 Å². The van der Waals surface area contributed by atoms with Crippen LogP contribution in [0.25, 0.3) is 0 Å². The van der Waals surface area contributed by atoms with Gasteiger partial charge in [0.25, 0.3) is 0 Å². The van der Waals surface area contributed by atoms with Gasteiger partial charge >= 0.3 is 5.97 Å². The molecule has 0 bridgehead atoms. The first-order valence-corrected chi connectivity index (χ1v) is 11.1. The van der Waals surface area contributed by atoms with Gasteiger partial charge in [0.2, 0.25) is 0 Å². The third-order valence-electron chi connectivity index (χ3n) is 5.06. The lowest BCUT2D eigenvalue weighted by atomic mass is 9.87. The van der Waals surface area contributed by atoms with Gasteiger partial charge < -0.3 is 10.0 Å². The minimum Gasteiger partial charge on any atom is -0.481 e. The maximum atomic E-state index is 10.4. The van der Waals surface area contributed by atoms with Crippen molar-refractivity contribution in [2.24, 2.45) is 5.92 Å². The lowest BCUT2D eigenvalue weighted by Gasteiger charge is -2.25. The topological polar surface area (TPSA) is 40.5 Å². The number of hydrogen-bond acceptors (Lipinski definition) is 2. The second kappa shape index (κ2) is 12.3. The smallest absolute Gasteiger partial charge is 0.306 e. The van der Waals surface area contributed by atoms with E-state index in [0.29, 0.717) is 10.0 Å². The number of aliphatic carboxylic acids is 1. The predicted octanol–water partition coefficient (Wildman–Crippen LogP) is 7.01. The third kappa shape index (κ3) is 9.97. The number of halogens is 2. The summed E-state index contributed by atoms with van der Waals surface area (Å²) in [6.07, 6.45) is 1.62. The fraction of sp³-hybridized carbons (Fsp3) is 0.480. The molecule has 1 heterocycles. The van der Waals surface area contributed by atoms with Crippen LogP contribution in [0, 0.1) is 19.8 Å². The summed E-state index contributed by atoms with van der Waals surface area (Å²) in [6.45, 7) is 12.6. The molecule has 0 saturated carbocycles.